The predicted octanol–water partition coefficient (Wildman–Crippen LogP) is 1.27. The molecular weight excluding hydrogens is 228 g/mol. The first-order valence-corrected chi connectivity index (χ1v) is 7.32. The first kappa shape index (κ1) is 13.8. The van der Waals surface area contributed by atoms with Gasteiger partial charge < -0.3 is 15.7 Å². The Balaban J connectivity index is 1.91. The monoisotopic (exact) mass is 254 g/mol. The number of hydrogen-bond donors (Lipinski definition) is 2. The van der Waals surface area contributed by atoms with Crippen LogP contribution in [0.1, 0.15) is 51.9 Å². The van der Waals surface area contributed by atoms with Gasteiger partial charge in [0.25, 0.3) is 0 Å². The molecule has 4 heteroatoms. The normalized spacial score (nSPS) is 27.9. The number of aliphatic hydroxyl groups is 1. The molecule has 1 aliphatic carbocycles. The van der Waals surface area contributed by atoms with E-state index in [-0.39, 0.29) is 24.1 Å². The van der Waals surface area contributed by atoms with E-state index in [1.165, 1.54) is 12.8 Å². The quantitative estimate of drug-likeness (QED) is 0.776. The third-order valence-corrected chi connectivity index (χ3v) is 4.12. The summed E-state index contributed by atoms with van der Waals surface area (Å²) in [6, 6.07) is -0.136. The molecule has 1 heterocycles. The lowest BCUT2D eigenvalue weighted by Gasteiger charge is -2.38. The zero-order valence-electron chi connectivity index (χ0n) is 11.3. The van der Waals surface area contributed by atoms with Gasteiger partial charge in [-0.05, 0) is 44.9 Å². The van der Waals surface area contributed by atoms with Gasteiger partial charge in [-0.3, -0.25) is 4.79 Å². The van der Waals surface area contributed by atoms with Crippen molar-refractivity contribution >= 4 is 5.91 Å². The third kappa shape index (κ3) is 3.69. The summed E-state index contributed by atoms with van der Waals surface area (Å²) in [5, 5.41) is 9.53. The molecule has 2 unspecified atom stereocenters. The summed E-state index contributed by atoms with van der Waals surface area (Å²) in [4.78, 5) is 14.3. The second-order valence-corrected chi connectivity index (χ2v) is 6.05. The van der Waals surface area contributed by atoms with E-state index in [2.05, 4.69) is 0 Å². The topological polar surface area (TPSA) is 66.6 Å². The molecule has 104 valence electrons. The number of aliphatic hydroxyl groups excluding tert-OH is 1. The van der Waals surface area contributed by atoms with Gasteiger partial charge in [0, 0.05) is 12.6 Å². The largest absolute Gasteiger partial charge is 0.393 e. The second kappa shape index (κ2) is 6.02. The molecule has 0 radical (unpaired) electrons. The maximum atomic E-state index is 12.4. The Labute approximate surface area is 110 Å². The van der Waals surface area contributed by atoms with Crippen molar-refractivity contribution in [1.29, 1.82) is 0 Å². The van der Waals surface area contributed by atoms with Gasteiger partial charge in [-0.25, -0.2) is 0 Å². The minimum Gasteiger partial charge on any atom is -0.393 e. The van der Waals surface area contributed by atoms with Crippen LogP contribution in [0.5, 0.6) is 0 Å². The van der Waals surface area contributed by atoms with Crippen LogP contribution in [0.15, 0.2) is 0 Å². The van der Waals surface area contributed by atoms with Gasteiger partial charge in [0.1, 0.15) is 0 Å². The van der Waals surface area contributed by atoms with Crippen LogP contribution in [-0.2, 0) is 4.79 Å². The van der Waals surface area contributed by atoms with Crippen LogP contribution in [0.25, 0.3) is 0 Å². The number of amides is 1. The molecule has 4 nitrogen and oxygen atoms in total. The molecule has 0 bridgehead atoms. The zero-order valence-corrected chi connectivity index (χ0v) is 11.3. The Morgan fingerprint density at radius 1 is 1.33 bits per heavy atom. The van der Waals surface area contributed by atoms with Crippen LogP contribution in [0.3, 0.4) is 0 Å². The first-order valence-electron chi connectivity index (χ1n) is 7.32. The van der Waals surface area contributed by atoms with E-state index >= 15 is 0 Å². The van der Waals surface area contributed by atoms with E-state index in [0.717, 1.165) is 32.2 Å². The molecule has 1 aliphatic heterocycles. The summed E-state index contributed by atoms with van der Waals surface area (Å²) in [5.41, 5.74) is 6.03. The summed E-state index contributed by atoms with van der Waals surface area (Å²) >= 11 is 0. The fourth-order valence-corrected chi connectivity index (χ4v) is 2.96. The van der Waals surface area contributed by atoms with Crippen molar-refractivity contribution in [2.24, 2.45) is 11.7 Å². The lowest BCUT2D eigenvalue weighted by molar-refractivity contribution is -0.137. The maximum Gasteiger partial charge on any atom is 0.239 e. The van der Waals surface area contributed by atoms with E-state index < -0.39 is 0 Å². The van der Waals surface area contributed by atoms with Crippen molar-refractivity contribution < 1.29 is 9.90 Å². The summed E-state index contributed by atoms with van der Waals surface area (Å²) < 4.78 is 0. The average molecular weight is 254 g/mol. The molecule has 0 aromatic heterocycles. The number of piperidine rings is 1. The van der Waals surface area contributed by atoms with Crippen LogP contribution < -0.4 is 5.73 Å². The summed E-state index contributed by atoms with van der Waals surface area (Å²) in [6.07, 6.45) is 6.88. The molecule has 3 atom stereocenters. The van der Waals surface area contributed by atoms with Crippen LogP contribution >= 0.6 is 0 Å². The zero-order chi connectivity index (χ0) is 13.1. The van der Waals surface area contributed by atoms with Gasteiger partial charge in [-0.1, -0.05) is 12.8 Å². The molecule has 2 rings (SSSR count). The highest BCUT2D eigenvalue weighted by molar-refractivity contribution is 5.82. The standard InChI is InChI=1S/C14H26N2O2/c1-10(17)8-12-4-2-3-7-16(12)14(18)13(15)9-11-5-6-11/h10-13,17H,2-9,15H2,1H3/t10?,12?,13-/m0/s1. The van der Waals surface area contributed by atoms with Gasteiger partial charge in [0.15, 0.2) is 0 Å². The lowest BCUT2D eigenvalue weighted by Crippen LogP contribution is -2.51. The van der Waals surface area contributed by atoms with Crippen molar-refractivity contribution in [2.75, 3.05) is 6.54 Å². The molecule has 18 heavy (non-hydrogen) atoms. The highest BCUT2D eigenvalue weighted by atomic mass is 16.3. The summed E-state index contributed by atoms with van der Waals surface area (Å²) in [7, 11) is 0. The van der Waals surface area contributed by atoms with E-state index in [0.29, 0.717) is 12.3 Å². The molecule has 1 amide bonds. The molecular formula is C14H26N2O2. The van der Waals surface area contributed by atoms with Crippen LogP contribution in [0.2, 0.25) is 0 Å². The Morgan fingerprint density at radius 3 is 2.67 bits per heavy atom. The molecule has 1 saturated carbocycles. The molecule has 2 fully saturated rings. The lowest BCUT2D eigenvalue weighted by atomic mass is 9.96. The minimum absolute atomic E-state index is 0.104. The van der Waals surface area contributed by atoms with E-state index in [9.17, 15) is 9.90 Å². The van der Waals surface area contributed by atoms with Gasteiger partial charge in [-0.15, -0.1) is 0 Å². The molecule has 0 aromatic carbocycles. The van der Waals surface area contributed by atoms with Crippen LogP contribution in [0, 0.1) is 5.92 Å². The van der Waals surface area contributed by atoms with E-state index in [1.54, 1.807) is 6.92 Å². The van der Waals surface area contributed by atoms with E-state index in [4.69, 9.17) is 5.73 Å². The number of likely N-dealkylation sites (tertiary alicyclic amines) is 1. The fourth-order valence-electron chi connectivity index (χ4n) is 2.96. The maximum absolute atomic E-state index is 12.4. The van der Waals surface area contributed by atoms with Crippen LogP contribution in [-0.4, -0.2) is 40.6 Å². The predicted molar refractivity (Wildman–Crippen MR) is 71.0 cm³/mol. The smallest absolute Gasteiger partial charge is 0.239 e. The number of rotatable bonds is 5. The average Bonchev–Trinajstić information content (AvgIpc) is 3.12. The number of carbonyl (C=O) groups is 1. The second-order valence-electron chi connectivity index (χ2n) is 6.05. The summed E-state index contributed by atoms with van der Waals surface area (Å²) in [6.45, 7) is 2.61. The van der Waals surface area contributed by atoms with Crippen molar-refractivity contribution in [2.45, 2.75) is 70.1 Å². The molecule has 1 saturated heterocycles. The van der Waals surface area contributed by atoms with Crippen molar-refractivity contribution in [3.8, 4) is 0 Å². The Hall–Kier alpha value is -0.610. The van der Waals surface area contributed by atoms with Crippen molar-refractivity contribution in [3.63, 3.8) is 0 Å². The van der Waals surface area contributed by atoms with Crippen molar-refractivity contribution in [3.05, 3.63) is 0 Å². The Bertz CT molecular complexity index is 290. The fraction of sp³-hybridized carbons (Fsp3) is 0.929. The molecule has 3 N–H and O–H groups in total. The third-order valence-electron chi connectivity index (χ3n) is 4.12. The molecule has 2 aliphatic rings. The Morgan fingerprint density at radius 2 is 2.06 bits per heavy atom. The highest BCUT2D eigenvalue weighted by Crippen LogP contribution is 2.33. The highest BCUT2D eigenvalue weighted by Gasteiger charge is 2.33. The summed E-state index contributed by atoms with van der Waals surface area (Å²) in [5.74, 6) is 0.788. The number of nitrogens with two attached hydrogens (primary N) is 1. The minimum atomic E-state index is -0.344. The van der Waals surface area contributed by atoms with Crippen molar-refractivity contribution in [1.82, 2.24) is 4.90 Å². The van der Waals surface area contributed by atoms with Gasteiger partial charge in [0.05, 0.1) is 12.1 Å². The first-order chi connectivity index (χ1) is 8.58. The number of carbonyl (C=O) groups excluding carboxylic acids is 1. The SMILES string of the molecule is CC(O)CC1CCCCN1C(=O)[C@@H](N)CC1CC1. The van der Waals surface area contributed by atoms with Gasteiger partial charge >= 0.3 is 0 Å². The molecule has 0 aromatic rings. The Kier molecular flexibility index (Phi) is 4.62. The van der Waals surface area contributed by atoms with E-state index in [1.807, 2.05) is 4.90 Å². The number of hydrogen-bond acceptors (Lipinski definition) is 3. The van der Waals surface area contributed by atoms with Gasteiger partial charge in [0.2, 0.25) is 5.91 Å². The molecule has 0 spiro atoms. The van der Waals surface area contributed by atoms with Crippen LogP contribution in [0.4, 0.5) is 0 Å². The van der Waals surface area contributed by atoms with Gasteiger partial charge in [-0.2, -0.15) is 0 Å². The number of nitrogens with zero attached hydrogens (tertiary/aromatic N) is 1.